The van der Waals surface area contributed by atoms with Gasteiger partial charge >= 0.3 is 5.97 Å². The van der Waals surface area contributed by atoms with E-state index in [9.17, 15) is 5.11 Å². The standard InChI is InChI=1S/C7H9N5O2/c8-7(14)11-3-5-6(12(7)4-13)10-2-1-9-5/h1-3,13-14H,4,8H2. The first-order chi connectivity index (χ1) is 6.65. The van der Waals surface area contributed by atoms with Crippen molar-refractivity contribution in [1.29, 1.82) is 0 Å². The molecule has 0 bridgehead atoms. The number of anilines is 1. The molecule has 0 aliphatic carbocycles. The number of aliphatic imine (C=N–C) groups is 1. The van der Waals surface area contributed by atoms with Crippen molar-refractivity contribution in [2.75, 3.05) is 11.6 Å². The smallest absolute Gasteiger partial charge is 0.300 e. The summed E-state index contributed by atoms with van der Waals surface area (Å²) in [6, 6.07) is 0. The van der Waals surface area contributed by atoms with Crippen LogP contribution in [0.2, 0.25) is 0 Å². The van der Waals surface area contributed by atoms with Gasteiger partial charge in [0.25, 0.3) is 0 Å². The molecule has 2 heterocycles. The zero-order valence-electron chi connectivity index (χ0n) is 7.20. The zero-order valence-corrected chi connectivity index (χ0v) is 7.20. The average molecular weight is 195 g/mol. The monoisotopic (exact) mass is 195 g/mol. The predicted molar refractivity (Wildman–Crippen MR) is 48.3 cm³/mol. The first-order valence-electron chi connectivity index (χ1n) is 3.91. The molecule has 74 valence electrons. The quantitative estimate of drug-likeness (QED) is 0.457. The lowest BCUT2D eigenvalue weighted by Crippen LogP contribution is -2.57. The maximum absolute atomic E-state index is 9.56. The van der Waals surface area contributed by atoms with E-state index in [4.69, 9.17) is 10.8 Å². The Hall–Kier alpha value is -1.57. The van der Waals surface area contributed by atoms with Crippen molar-refractivity contribution in [3.05, 3.63) is 18.1 Å². The van der Waals surface area contributed by atoms with Gasteiger partial charge in [0.05, 0.1) is 6.21 Å². The molecule has 1 aromatic heterocycles. The number of nitrogens with two attached hydrogens (primary N) is 1. The van der Waals surface area contributed by atoms with Gasteiger partial charge in [0.15, 0.2) is 5.82 Å². The highest BCUT2D eigenvalue weighted by molar-refractivity contribution is 5.86. The van der Waals surface area contributed by atoms with Crippen LogP contribution in [-0.2, 0) is 0 Å². The van der Waals surface area contributed by atoms with Crippen LogP contribution < -0.4 is 10.6 Å². The second-order valence-corrected chi connectivity index (χ2v) is 2.78. The fourth-order valence-corrected chi connectivity index (χ4v) is 1.19. The summed E-state index contributed by atoms with van der Waals surface area (Å²) >= 11 is 0. The molecule has 0 spiro atoms. The topological polar surface area (TPSA) is 108 Å². The van der Waals surface area contributed by atoms with Gasteiger partial charge in [-0.25, -0.2) is 15.0 Å². The first-order valence-corrected chi connectivity index (χ1v) is 3.91. The van der Waals surface area contributed by atoms with Crippen molar-refractivity contribution in [2.24, 2.45) is 10.7 Å². The van der Waals surface area contributed by atoms with E-state index in [0.29, 0.717) is 11.5 Å². The van der Waals surface area contributed by atoms with Crippen LogP contribution in [0.3, 0.4) is 0 Å². The SMILES string of the molecule is NC1(O)N=Cc2nccnc2N1CO. The zero-order chi connectivity index (χ0) is 10.2. The Labute approximate surface area is 79.5 Å². The van der Waals surface area contributed by atoms with Crippen molar-refractivity contribution in [2.45, 2.75) is 5.97 Å². The summed E-state index contributed by atoms with van der Waals surface area (Å²) in [5.41, 5.74) is 5.86. The minimum atomic E-state index is -1.96. The number of aliphatic hydroxyl groups is 2. The number of aromatic nitrogens is 2. The summed E-state index contributed by atoms with van der Waals surface area (Å²) in [5.74, 6) is -1.66. The molecule has 4 N–H and O–H groups in total. The van der Waals surface area contributed by atoms with Crippen LogP contribution in [0.4, 0.5) is 5.82 Å². The van der Waals surface area contributed by atoms with Crippen LogP contribution in [0.1, 0.15) is 5.69 Å². The van der Waals surface area contributed by atoms with E-state index in [1.165, 1.54) is 18.6 Å². The van der Waals surface area contributed by atoms with Gasteiger partial charge in [-0.15, -0.1) is 0 Å². The molecule has 1 aromatic rings. The molecule has 2 rings (SSSR count). The molecule has 1 atom stereocenters. The van der Waals surface area contributed by atoms with Crippen molar-refractivity contribution in [1.82, 2.24) is 9.97 Å². The van der Waals surface area contributed by atoms with E-state index < -0.39 is 12.7 Å². The molecule has 1 aliphatic rings. The lowest BCUT2D eigenvalue weighted by atomic mass is 10.3. The number of fused-ring (bicyclic) bond motifs is 1. The van der Waals surface area contributed by atoms with E-state index in [-0.39, 0.29) is 0 Å². The van der Waals surface area contributed by atoms with Gasteiger partial charge in [0.2, 0.25) is 0 Å². The van der Waals surface area contributed by atoms with Gasteiger partial charge in [-0.05, 0) is 0 Å². The van der Waals surface area contributed by atoms with E-state index >= 15 is 0 Å². The Morgan fingerprint density at radius 1 is 1.43 bits per heavy atom. The Bertz CT molecular complexity index is 378. The Morgan fingerprint density at radius 2 is 2.14 bits per heavy atom. The highest BCUT2D eigenvalue weighted by Crippen LogP contribution is 2.22. The predicted octanol–water partition coefficient (Wildman–Crippen LogP) is -1.77. The van der Waals surface area contributed by atoms with Crippen LogP contribution in [-0.4, -0.2) is 39.1 Å². The van der Waals surface area contributed by atoms with E-state index in [0.717, 1.165) is 4.90 Å². The maximum atomic E-state index is 9.56. The van der Waals surface area contributed by atoms with Gasteiger partial charge < -0.3 is 10.2 Å². The minimum absolute atomic E-state index is 0.301. The van der Waals surface area contributed by atoms with Crippen LogP contribution in [0.5, 0.6) is 0 Å². The van der Waals surface area contributed by atoms with Crippen LogP contribution >= 0.6 is 0 Å². The summed E-state index contributed by atoms with van der Waals surface area (Å²) in [4.78, 5) is 12.6. The van der Waals surface area contributed by atoms with Gasteiger partial charge in [-0.2, -0.15) is 0 Å². The number of hydrogen-bond acceptors (Lipinski definition) is 7. The van der Waals surface area contributed by atoms with E-state index in [1.807, 2.05) is 0 Å². The van der Waals surface area contributed by atoms with Crippen molar-refractivity contribution in [3.8, 4) is 0 Å². The fourth-order valence-electron chi connectivity index (χ4n) is 1.19. The lowest BCUT2D eigenvalue weighted by molar-refractivity contribution is 0.0317. The van der Waals surface area contributed by atoms with Gasteiger partial charge in [0, 0.05) is 12.4 Å². The number of hydrogen-bond donors (Lipinski definition) is 3. The molecular weight excluding hydrogens is 186 g/mol. The highest BCUT2D eigenvalue weighted by Gasteiger charge is 2.34. The summed E-state index contributed by atoms with van der Waals surface area (Å²) < 4.78 is 0. The Balaban J connectivity index is 2.53. The summed E-state index contributed by atoms with van der Waals surface area (Å²) in [6.07, 6.45) is 4.24. The number of nitrogens with zero attached hydrogens (tertiary/aromatic N) is 4. The fraction of sp³-hybridized carbons (Fsp3) is 0.286. The molecule has 1 aliphatic heterocycles. The molecule has 0 aromatic carbocycles. The van der Waals surface area contributed by atoms with Crippen molar-refractivity contribution in [3.63, 3.8) is 0 Å². The Kier molecular flexibility index (Phi) is 1.92. The van der Waals surface area contributed by atoms with Crippen LogP contribution in [0.15, 0.2) is 17.4 Å². The first kappa shape index (κ1) is 9.00. The minimum Gasteiger partial charge on any atom is -0.376 e. The molecule has 7 heteroatoms. The van der Waals surface area contributed by atoms with E-state index in [2.05, 4.69) is 15.0 Å². The van der Waals surface area contributed by atoms with Crippen molar-refractivity contribution < 1.29 is 10.2 Å². The molecule has 0 saturated heterocycles. The summed E-state index contributed by atoms with van der Waals surface area (Å²) in [6.45, 7) is -0.490. The third kappa shape index (κ3) is 1.23. The van der Waals surface area contributed by atoms with Gasteiger partial charge in [0.1, 0.15) is 12.4 Å². The lowest BCUT2D eigenvalue weighted by Gasteiger charge is -2.34. The molecule has 1 unspecified atom stereocenters. The normalized spacial score (nSPS) is 24.9. The molecule has 14 heavy (non-hydrogen) atoms. The highest BCUT2D eigenvalue weighted by atomic mass is 16.4. The number of rotatable bonds is 1. The second kappa shape index (κ2) is 2.98. The second-order valence-electron chi connectivity index (χ2n) is 2.78. The van der Waals surface area contributed by atoms with Crippen molar-refractivity contribution >= 4 is 12.0 Å². The summed E-state index contributed by atoms with van der Waals surface area (Å²) in [5, 5.41) is 18.6. The third-order valence-electron chi connectivity index (χ3n) is 1.88. The number of aliphatic hydroxyl groups excluding tert-OH is 1. The molecule has 0 amide bonds. The van der Waals surface area contributed by atoms with Gasteiger partial charge in [-0.1, -0.05) is 0 Å². The molecule has 0 fully saturated rings. The van der Waals surface area contributed by atoms with Crippen LogP contribution in [0, 0.1) is 0 Å². The average Bonchev–Trinajstić information content (AvgIpc) is 2.17. The van der Waals surface area contributed by atoms with E-state index in [1.54, 1.807) is 0 Å². The largest absolute Gasteiger partial charge is 0.376 e. The maximum Gasteiger partial charge on any atom is 0.300 e. The molecule has 0 radical (unpaired) electrons. The molecular formula is C7H9N5O2. The van der Waals surface area contributed by atoms with Gasteiger partial charge in [-0.3, -0.25) is 10.6 Å². The van der Waals surface area contributed by atoms with Crippen LogP contribution in [0.25, 0.3) is 0 Å². The summed E-state index contributed by atoms with van der Waals surface area (Å²) in [7, 11) is 0. The molecule has 7 nitrogen and oxygen atoms in total. The Morgan fingerprint density at radius 3 is 2.86 bits per heavy atom. The molecule has 0 saturated carbocycles. The third-order valence-corrected chi connectivity index (χ3v) is 1.88.